The molecule has 0 saturated heterocycles. The van der Waals surface area contributed by atoms with Crippen LogP contribution in [0.25, 0.3) is 0 Å². The molecule has 0 aliphatic carbocycles. The Morgan fingerprint density at radius 2 is 1.71 bits per heavy atom. The molecule has 1 aromatic rings. The maximum Gasteiger partial charge on any atom is 0.179 e. The van der Waals surface area contributed by atoms with Gasteiger partial charge in [0.2, 0.25) is 0 Å². The van der Waals surface area contributed by atoms with Crippen LogP contribution >= 0.6 is 12.4 Å². The van der Waals surface area contributed by atoms with Crippen molar-refractivity contribution in [1.82, 2.24) is 0 Å². The van der Waals surface area contributed by atoms with Crippen molar-refractivity contribution in [3.63, 3.8) is 0 Å². The molecule has 2 nitrogen and oxygen atoms in total. The predicted molar refractivity (Wildman–Crippen MR) is 60.8 cm³/mol. The second-order valence-electron chi connectivity index (χ2n) is 3.50. The van der Waals surface area contributed by atoms with Gasteiger partial charge in [-0.3, -0.25) is 4.79 Å². The molecule has 2 N–H and O–H groups in total. The van der Waals surface area contributed by atoms with Crippen molar-refractivity contribution in [2.45, 2.75) is 19.9 Å². The predicted octanol–water partition coefficient (Wildman–Crippen LogP) is 2.27. The van der Waals surface area contributed by atoms with Crippen LogP contribution in [0.5, 0.6) is 0 Å². The third-order valence-electron chi connectivity index (χ3n) is 2.08. The van der Waals surface area contributed by atoms with Crippen LogP contribution in [0.2, 0.25) is 0 Å². The van der Waals surface area contributed by atoms with Crippen LogP contribution < -0.4 is 5.73 Å². The fourth-order valence-electron chi connectivity index (χ4n) is 1.10. The van der Waals surface area contributed by atoms with Gasteiger partial charge in [0.1, 0.15) is 0 Å². The van der Waals surface area contributed by atoms with Crippen molar-refractivity contribution in [3.05, 3.63) is 35.9 Å². The number of benzene rings is 1. The second kappa shape index (κ2) is 5.78. The Balaban J connectivity index is 0.00000169. The molecule has 0 spiro atoms. The Morgan fingerprint density at radius 1 is 1.21 bits per heavy atom. The molecule has 0 bridgehead atoms. The summed E-state index contributed by atoms with van der Waals surface area (Å²) in [6.45, 7) is 3.90. The molecule has 0 fully saturated rings. The van der Waals surface area contributed by atoms with Crippen molar-refractivity contribution < 1.29 is 4.79 Å². The van der Waals surface area contributed by atoms with E-state index in [1.807, 2.05) is 32.0 Å². The summed E-state index contributed by atoms with van der Waals surface area (Å²) in [5.41, 5.74) is 6.44. The molecular formula is C11H16ClNO. The van der Waals surface area contributed by atoms with Crippen LogP contribution in [-0.4, -0.2) is 11.8 Å². The van der Waals surface area contributed by atoms with Crippen molar-refractivity contribution >= 4 is 18.2 Å². The minimum absolute atomic E-state index is 0. The Labute approximate surface area is 90.9 Å². The number of nitrogens with two attached hydrogens (primary N) is 1. The van der Waals surface area contributed by atoms with Gasteiger partial charge in [0.05, 0.1) is 6.04 Å². The van der Waals surface area contributed by atoms with Crippen molar-refractivity contribution in [1.29, 1.82) is 0 Å². The molecule has 0 saturated carbocycles. The molecule has 0 unspecified atom stereocenters. The first-order valence-electron chi connectivity index (χ1n) is 4.47. The van der Waals surface area contributed by atoms with E-state index >= 15 is 0 Å². The zero-order chi connectivity index (χ0) is 9.84. The van der Waals surface area contributed by atoms with Crippen LogP contribution in [0.4, 0.5) is 0 Å². The molecule has 0 aliphatic heterocycles. The number of Topliss-reactive ketones (excluding diaryl/α,β-unsaturated/α-hetero) is 1. The fourth-order valence-corrected chi connectivity index (χ4v) is 1.10. The maximum absolute atomic E-state index is 11.7. The van der Waals surface area contributed by atoms with Gasteiger partial charge >= 0.3 is 0 Å². The number of hydrogen-bond donors (Lipinski definition) is 1. The van der Waals surface area contributed by atoms with Crippen molar-refractivity contribution in [2.75, 3.05) is 0 Å². The summed E-state index contributed by atoms with van der Waals surface area (Å²) < 4.78 is 0. The topological polar surface area (TPSA) is 43.1 Å². The molecule has 0 radical (unpaired) electrons. The Bertz CT molecular complexity index is 285. The summed E-state index contributed by atoms with van der Waals surface area (Å²) in [5, 5.41) is 0. The molecule has 1 aromatic carbocycles. The minimum atomic E-state index is -0.387. The molecule has 1 atom stereocenters. The van der Waals surface area contributed by atoms with E-state index in [9.17, 15) is 4.79 Å². The summed E-state index contributed by atoms with van der Waals surface area (Å²) >= 11 is 0. The average Bonchev–Trinajstić information content (AvgIpc) is 2.17. The number of carbonyl (C=O) groups is 1. The lowest BCUT2D eigenvalue weighted by Gasteiger charge is -2.13. The molecule has 0 amide bonds. The van der Waals surface area contributed by atoms with Gasteiger partial charge in [0.25, 0.3) is 0 Å². The van der Waals surface area contributed by atoms with Gasteiger partial charge < -0.3 is 5.73 Å². The van der Waals surface area contributed by atoms with Crippen LogP contribution in [-0.2, 0) is 0 Å². The molecule has 0 aliphatic rings. The summed E-state index contributed by atoms with van der Waals surface area (Å²) in [7, 11) is 0. The SMILES string of the molecule is CC(C)[C@H](N)C(=O)c1ccccc1.Cl. The van der Waals surface area contributed by atoms with Crippen LogP contribution in [0.1, 0.15) is 24.2 Å². The van der Waals surface area contributed by atoms with Gasteiger partial charge in [0, 0.05) is 5.56 Å². The quantitative estimate of drug-likeness (QED) is 0.783. The highest BCUT2D eigenvalue weighted by atomic mass is 35.5. The van der Waals surface area contributed by atoms with E-state index in [1.165, 1.54) is 0 Å². The van der Waals surface area contributed by atoms with E-state index in [-0.39, 0.29) is 30.2 Å². The second-order valence-corrected chi connectivity index (χ2v) is 3.50. The monoisotopic (exact) mass is 213 g/mol. The van der Waals surface area contributed by atoms with Crippen LogP contribution in [0, 0.1) is 5.92 Å². The minimum Gasteiger partial charge on any atom is -0.321 e. The third kappa shape index (κ3) is 3.13. The van der Waals surface area contributed by atoms with Crippen molar-refractivity contribution in [2.24, 2.45) is 11.7 Å². The average molecular weight is 214 g/mol. The number of halogens is 1. The Hall–Kier alpha value is -0.860. The Morgan fingerprint density at radius 3 is 2.14 bits per heavy atom. The van der Waals surface area contributed by atoms with Gasteiger partial charge in [0.15, 0.2) is 5.78 Å². The molecular weight excluding hydrogens is 198 g/mol. The Kier molecular flexibility index (Phi) is 5.43. The third-order valence-corrected chi connectivity index (χ3v) is 2.08. The number of hydrogen-bond acceptors (Lipinski definition) is 2. The highest BCUT2D eigenvalue weighted by Gasteiger charge is 2.18. The van der Waals surface area contributed by atoms with Gasteiger partial charge in [-0.2, -0.15) is 0 Å². The van der Waals surface area contributed by atoms with Crippen LogP contribution in [0.3, 0.4) is 0 Å². The molecule has 78 valence electrons. The molecule has 14 heavy (non-hydrogen) atoms. The summed E-state index contributed by atoms with van der Waals surface area (Å²) in [4.78, 5) is 11.7. The zero-order valence-electron chi connectivity index (χ0n) is 8.44. The highest BCUT2D eigenvalue weighted by molar-refractivity contribution is 6.00. The van der Waals surface area contributed by atoms with E-state index in [1.54, 1.807) is 12.1 Å². The summed E-state index contributed by atoms with van der Waals surface area (Å²) in [6, 6.07) is 8.79. The van der Waals surface area contributed by atoms with Gasteiger partial charge in [-0.05, 0) is 5.92 Å². The number of rotatable bonds is 3. The molecule has 0 aromatic heterocycles. The van der Waals surface area contributed by atoms with Crippen LogP contribution in [0.15, 0.2) is 30.3 Å². The van der Waals surface area contributed by atoms with E-state index < -0.39 is 0 Å². The highest BCUT2D eigenvalue weighted by Crippen LogP contribution is 2.07. The van der Waals surface area contributed by atoms with E-state index in [0.29, 0.717) is 5.56 Å². The number of ketones is 1. The molecule has 3 heteroatoms. The van der Waals surface area contributed by atoms with Gasteiger partial charge in [-0.15, -0.1) is 12.4 Å². The number of carbonyl (C=O) groups excluding carboxylic acids is 1. The lowest BCUT2D eigenvalue weighted by Crippen LogP contribution is -2.35. The largest absolute Gasteiger partial charge is 0.321 e. The van der Waals surface area contributed by atoms with Crippen molar-refractivity contribution in [3.8, 4) is 0 Å². The first kappa shape index (κ1) is 13.1. The fraction of sp³-hybridized carbons (Fsp3) is 0.364. The van der Waals surface area contributed by atoms with Gasteiger partial charge in [-0.1, -0.05) is 44.2 Å². The molecule has 0 heterocycles. The first-order chi connectivity index (χ1) is 6.13. The lowest BCUT2D eigenvalue weighted by atomic mass is 9.96. The van der Waals surface area contributed by atoms with E-state index in [0.717, 1.165) is 0 Å². The van der Waals surface area contributed by atoms with Gasteiger partial charge in [-0.25, -0.2) is 0 Å². The first-order valence-corrected chi connectivity index (χ1v) is 4.47. The lowest BCUT2D eigenvalue weighted by molar-refractivity contribution is 0.0940. The normalized spacial score (nSPS) is 12.0. The van der Waals surface area contributed by atoms with E-state index in [2.05, 4.69) is 0 Å². The summed E-state index contributed by atoms with van der Waals surface area (Å²) in [5.74, 6) is 0.211. The zero-order valence-corrected chi connectivity index (χ0v) is 9.25. The summed E-state index contributed by atoms with van der Waals surface area (Å²) in [6.07, 6.45) is 0. The molecule has 1 rings (SSSR count). The van der Waals surface area contributed by atoms with E-state index in [4.69, 9.17) is 5.73 Å². The smallest absolute Gasteiger partial charge is 0.179 e. The maximum atomic E-state index is 11.7. The standard InChI is InChI=1S/C11H15NO.ClH/c1-8(2)10(12)11(13)9-6-4-3-5-7-9;/h3-8,10H,12H2,1-2H3;1H/t10-;/m0./s1.